The molecule has 0 spiro atoms. The van der Waals surface area contributed by atoms with E-state index in [-0.39, 0.29) is 5.76 Å². The van der Waals surface area contributed by atoms with Gasteiger partial charge in [0.2, 0.25) is 0 Å². The molecule has 2 aromatic rings. The lowest BCUT2D eigenvalue weighted by molar-refractivity contribution is 0.528. The number of nitrogens with zero attached hydrogens (tertiary/aromatic N) is 2. The van der Waals surface area contributed by atoms with E-state index in [4.69, 9.17) is 4.42 Å². The summed E-state index contributed by atoms with van der Waals surface area (Å²) >= 11 is 0. The van der Waals surface area contributed by atoms with Crippen LogP contribution >= 0.6 is 0 Å². The molecule has 0 atom stereocenters. The average molecular weight is 219 g/mol. The molecule has 0 saturated carbocycles. The highest BCUT2D eigenvalue weighted by Gasteiger charge is 2.05. The summed E-state index contributed by atoms with van der Waals surface area (Å²) < 4.78 is 6.53. The van der Waals surface area contributed by atoms with Crippen LogP contribution in [0.2, 0.25) is 0 Å². The number of benzene rings is 1. The summed E-state index contributed by atoms with van der Waals surface area (Å²) in [7, 11) is 1.68. The smallest absolute Gasteiger partial charge is 0.408 e. The third kappa shape index (κ3) is 1.84. The van der Waals surface area contributed by atoms with Crippen LogP contribution in [0.15, 0.2) is 32.5 Å². The van der Waals surface area contributed by atoms with Gasteiger partial charge >= 0.3 is 5.76 Å². The van der Waals surface area contributed by atoms with Crippen molar-refractivity contribution in [1.82, 2.24) is 4.57 Å². The van der Waals surface area contributed by atoms with Gasteiger partial charge in [0.15, 0.2) is 5.58 Å². The van der Waals surface area contributed by atoms with Gasteiger partial charge in [-0.2, -0.15) is 5.10 Å². The molecule has 84 valence electrons. The fourth-order valence-corrected chi connectivity index (χ4v) is 1.38. The highest BCUT2D eigenvalue weighted by Crippen LogP contribution is 2.17. The van der Waals surface area contributed by atoms with Gasteiger partial charge in [-0.3, -0.25) is 9.99 Å². The molecule has 0 aliphatic heterocycles. The van der Waals surface area contributed by atoms with Crippen molar-refractivity contribution in [2.45, 2.75) is 13.8 Å². The molecule has 5 heteroatoms. The summed E-state index contributed by atoms with van der Waals surface area (Å²) in [5.41, 5.74) is 5.93. The second-order valence-corrected chi connectivity index (χ2v) is 3.78. The molecule has 0 unspecified atom stereocenters. The number of rotatable bonds is 2. The molecule has 16 heavy (non-hydrogen) atoms. The first-order chi connectivity index (χ1) is 7.58. The maximum atomic E-state index is 11.3. The van der Waals surface area contributed by atoms with E-state index in [1.165, 1.54) is 4.57 Å². The van der Waals surface area contributed by atoms with Crippen molar-refractivity contribution in [3.05, 3.63) is 28.7 Å². The Bertz CT molecular complexity index is 603. The third-order valence-corrected chi connectivity index (χ3v) is 2.20. The number of nitrogens with one attached hydrogen (secondary N) is 1. The number of oxazole rings is 1. The molecular weight excluding hydrogens is 206 g/mol. The highest BCUT2D eigenvalue weighted by atomic mass is 16.4. The van der Waals surface area contributed by atoms with Gasteiger partial charge in [0, 0.05) is 18.8 Å². The molecule has 0 amide bonds. The topological polar surface area (TPSA) is 59.5 Å². The Morgan fingerprint density at radius 3 is 2.88 bits per heavy atom. The molecule has 1 aromatic heterocycles. The molecule has 0 aliphatic carbocycles. The van der Waals surface area contributed by atoms with Crippen LogP contribution in [-0.4, -0.2) is 10.3 Å². The number of aromatic nitrogens is 1. The molecule has 1 N–H and O–H groups in total. The number of hydrogen-bond donors (Lipinski definition) is 1. The van der Waals surface area contributed by atoms with Crippen molar-refractivity contribution in [3.63, 3.8) is 0 Å². The van der Waals surface area contributed by atoms with E-state index in [2.05, 4.69) is 10.5 Å². The van der Waals surface area contributed by atoms with Crippen molar-refractivity contribution >= 4 is 22.5 Å². The Hall–Kier alpha value is -2.04. The Balaban J connectivity index is 2.45. The van der Waals surface area contributed by atoms with Gasteiger partial charge in [-0.1, -0.05) is 0 Å². The van der Waals surface area contributed by atoms with E-state index in [0.29, 0.717) is 5.58 Å². The second-order valence-electron chi connectivity index (χ2n) is 3.78. The zero-order chi connectivity index (χ0) is 11.7. The summed E-state index contributed by atoms with van der Waals surface area (Å²) in [6, 6.07) is 5.43. The molecule has 0 saturated heterocycles. The van der Waals surface area contributed by atoms with Crippen molar-refractivity contribution in [2.75, 3.05) is 5.43 Å². The van der Waals surface area contributed by atoms with Crippen LogP contribution in [0.4, 0.5) is 5.69 Å². The summed E-state index contributed by atoms with van der Waals surface area (Å²) in [5.74, 6) is -0.359. The average Bonchev–Trinajstić information content (AvgIpc) is 2.52. The van der Waals surface area contributed by atoms with Crippen molar-refractivity contribution in [3.8, 4) is 0 Å². The van der Waals surface area contributed by atoms with Crippen LogP contribution in [0.3, 0.4) is 0 Å². The highest BCUT2D eigenvalue weighted by molar-refractivity contribution is 5.81. The minimum Gasteiger partial charge on any atom is -0.408 e. The number of anilines is 1. The SMILES string of the molecule is CC(C)=NNc1ccc2c(c1)oc(=O)n2C. The zero-order valence-corrected chi connectivity index (χ0v) is 9.44. The summed E-state index contributed by atoms with van der Waals surface area (Å²) in [4.78, 5) is 11.3. The number of fused-ring (bicyclic) bond motifs is 1. The maximum Gasteiger partial charge on any atom is 0.419 e. The molecule has 5 nitrogen and oxygen atoms in total. The van der Waals surface area contributed by atoms with Crippen LogP contribution in [0.25, 0.3) is 11.1 Å². The van der Waals surface area contributed by atoms with Gasteiger partial charge in [0.1, 0.15) is 0 Å². The maximum absolute atomic E-state index is 11.3. The molecule has 1 heterocycles. The minimum absolute atomic E-state index is 0.359. The number of hydrogen-bond acceptors (Lipinski definition) is 4. The Kier molecular flexibility index (Phi) is 2.52. The third-order valence-electron chi connectivity index (χ3n) is 2.20. The monoisotopic (exact) mass is 219 g/mol. The van der Waals surface area contributed by atoms with Gasteiger partial charge < -0.3 is 4.42 Å². The quantitative estimate of drug-likeness (QED) is 0.620. The number of hydrazone groups is 1. The van der Waals surface area contributed by atoms with Crippen LogP contribution in [0.5, 0.6) is 0 Å². The van der Waals surface area contributed by atoms with Crippen molar-refractivity contribution in [1.29, 1.82) is 0 Å². The van der Waals surface area contributed by atoms with Gasteiger partial charge in [0.25, 0.3) is 0 Å². The van der Waals surface area contributed by atoms with Crippen LogP contribution in [0.1, 0.15) is 13.8 Å². The molecule has 0 aliphatic rings. The lowest BCUT2D eigenvalue weighted by Gasteiger charge is -2.00. The summed E-state index contributed by atoms with van der Waals surface area (Å²) in [6.07, 6.45) is 0. The van der Waals surface area contributed by atoms with E-state index in [1.807, 2.05) is 26.0 Å². The zero-order valence-electron chi connectivity index (χ0n) is 9.44. The Morgan fingerprint density at radius 1 is 1.44 bits per heavy atom. The fraction of sp³-hybridized carbons (Fsp3) is 0.273. The minimum atomic E-state index is -0.359. The molecule has 0 fully saturated rings. The molecule has 0 bridgehead atoms. The summed E-state index contributed by atoms with van der Waals surface area (Å²) in [5, 5.41) is 4.07. The molecular formula is C11H13N3O2. The first-order valence-corrected chi connectivity index (χ1v) is 4.94. The fourth-order valence-electron chi connectivity index (χ4n) is 1.38. The van der Waals surface area contributed by atoms with Gasteiger partial charge in [-0.25, -0.2) is 4.79 Å². The molecule has 1 aromatic carbocycles. The first kappa shape index (κ1) is 10.5. The van der Waals surface area contributed by atoms with E-state index in [9.17, 15) is 4.79 Å². The van der Waals surface area contributed by atoms with Crippen molar-refractivity contribution < 1.29 is 4.42 Å². The molecule has 0 radical (unpaired) electrons. The first-order valence-electron chi connectivity index (χ1n) is 4.94. The van der Waals surface area contributed by atoms with Gasteiger partial charge in [-0.15, -0.1) is 0 Å². The van der Waals surface area contributed by atoms with Gasteiger partial charge in [-0.05, 0) is 26.0 Å². The lowest BCUT2D eigenvalue weighted by atomic mass is 10.3. The van der Waals surface area contributed by atoms with E-state index >= 15 is 0 Å². The van der Waals surface area contributed by atoms with Crippen LogP contribution in [-0.2, 0) is 7.05 Å². The largest absolute Gasteiger partial charge is 0.419 e. The summed E-state index contributed by atoms with van der Waals surface area (Å²) in [6.45, 7) is 3.79. The second kappa shape index (κ2) is 3.84. The normalized spacial score (nSPS) is 10.4. The van der Waals surface area contributed by atoms with Crippen LogP contribution < -0.4 is 11.2 Å². The Labute approximate surface area is 92.4 Å². The predicted octanol–water partition coefficient (Wildman–Crippen LogP) is 1.94. The van der Waals surface area contributed by atoms with Crippen LogP contribution in [0, 0.1) is 0 Å². The van der Waals surface area contributed by atoms with E-state index < -0.39 is 0 Å². The predicted molar refractivity (Wildman–Crippen MR) is 63.9 cm³/mol. The number of aryl methyl sites for hydroxylation is 1. The standard InChI is InChI=1S/C11H13N3O2/c1-7(2)12-13-8-4-5-9-10(6-8)16-11(15)14(9)3/h4-6,13H,1-3H3. The van der Waals surface area contributed by atoms with E-state index in [1.54, 1.807) is 13.1 Å². The Morgan fingerprint density at radius 2 is 2.19 bits per heavy atom. The van der Waals surface area contributed by atoms with E-state index in [0.717, 1.165) is 16.9 Å². The lowest BCUT2D eigenvalue weighted by Crippen LogP contribution is -2.08. The molecule has 2 rings (SSSR count). The van der Waals surface area contributed by atoms with Crippen molar-refractivity contribution in [2.24, 2.45) is 12.1 Å². The van der Waals surface area contributed by atoms with Gasteiger partial charge in [0.05, 0.1) is 11.2 Å².